The van der Waals surface area contributed by atoms with Gasteiger partial charge in [0.2, 0.25) is 5.95 Å². The van der Waals surface area contributed by atoms with E-state index in [2.05, 4.69) is 20.5 Å². The molecule has 1 aromatic carbocycles. The van der Waals surface area contributed by atoms with Crippen LogP contribution in [0.5, 0.6) is 0 Å². The average molecular weight is 246 g/mol. The molecule has 2 rings (SSSR count). The summed E-state index contributed by atoms with van der Waals surface area (Å²) in [4.78, 5) is 15.4. The lowest BCUT2D eigenvalue weighted by atomic mass is 10.2. The van der Waals surface area contributed by atoms with Crippen LogP contribution < -0.4 is 5.32 Å². The lowest BCUT2D eigenvalue weighted by Gasteiger charge is -1.96. The molecule has 0 saturated carbocycles. The second-order valence-electron chi connectivity index (χ2n) is 3.59. The molecule has 18 heavy (non-hydrogen) atoms. The molecule has 5 nitrogen and oxygen atoms in total. The first-order chi connectivity index (χ1) is 8.65. The van der Waals surface area contributed by atoms with Gasteiger partial charge < -0.3 is 0 Å². The fraction of sp³-hybridized carbons (Fsp3) is 0.0833. The van der Waals surface area contributed by atoms with Gasteiger partial charge in [-0.05, 0) is 19.1 Å². The molecule has 0 atom stereocenters. The Bertz CT molecular complexity index is 591. The maximum Gasteiger partial charge on any atom is 0.250 e. The highest BCUT2D eigenvalue weighted by molar-refractivity contribution is 6.00. The Balaban J connectivity index is 2.01. The normalized spacial score (nSPS) is 10.8. The van der Waals surface area contributed by atoms with Gasteiger partial charge in [-0.1, -0.05) is 18.2 Å². The van der Waals surface area contributed by atoms with Gasteiger partial charge in [0.15, 0.2) is 0 Å². The van der Waals surface area contributed by atoms with Crippen LogP contribution in [-0.4, -0.2) is 21.1 Å². The molecule has 0 aliphatic heterocycles. The molecule has 2 N–H and O–H groups in total. The Kier molecular flexibility index (Phi) is 3.47. The van der Waals surface area contributed by atoms with Gasteiger partial charge in [-0.3, -0.25) is 15.2 Å². The number of aromatic nitrogens is 3. The van der Waals surface area contributed by atoms with Crippen LogP contribution in [0, 0.1) is 12.7 Å². The minimum Gasteiger partial charge on any atom is -0.290 e. The Hall–Kier alpha value is -2.50. The summed E-state index contributed by atoms with van der Waals surface area (Å²) in [6, 6.07) is 6.19. The number of nitrogens with zero attached hydrogens (tertiary/aromatic N) is 2. The van der Waals surface area contributed by atoms with Crippen molar-refractivity contribution in [1.82, 2.24) is 15.2 Å². The largest absolute Gasteiger partial charge is 0.290 e. The predicted molar refractivity (Wildman–Crippen MR) is 65.2 cm³/mol. The van der Waals surface area contributed by atoms with Crippen LogP contribution in [-0.2, 0) is 4.79 Å². The summed E-state index contributed by atoms with van der Waals surface area (Å²) in [6.45, 7) is 1.72. The lowest BCUT2D eigenvalue weighted by molar-refractivity contribution is -0.111. The van der Waals surface area contributed by atoms with E-state index < -0.39 is 5.91 Å². The van der Waals surface area contributed by atoms with Crippen molar-refractivity contribution in [1.29, 1.82) is 0 Å². The number of aromatic amines is 1. The number of carbonyl (C=O) groups is 1. The van der Waals surface area contributed by atoms with Crippen LogP contribution in [0.2, 0.25) is 0 Å². The molecule has 0 spiro atoms. The highest BCUT2D eigenvalue weighted by Gasteiger charge is 2.03. The summed E-state index contributed by atoms with van der Waals surface area (Å²) >= 11 is 0. The molecule has 1 amide bonds. The van der Waals surface area contributed by atoms with Crippen LogP contribution in [0.15, 0.2) is 30.3 Å². The minimum absolute atomic E-state index is 0.190. The number of nitrogens with one attached hydrogen (secondary N) is 2. The number of benzene rings is 1. The monoisotopic (exact) mass is 246 g/mol. The molecule has 2 aromatic rings. The number of aryl methyl sites for hydroxylation is 1. The SMILES string of the molecule is Cc1nc(NC(=O)/C=C/c2ccccc2F)n[nH]1. The van der Waals surface area contributed by atoms with Gasteiger partial charge in [-0.25, -0.2) is 4.39 Å². The predicted octanol–water partition coefficient (Wildman–Crippen LogP) is 1.90. The van der Waals surface area contributed by atoms with Crippen molar-refractivity contribution in [2.45, 2.75) is 6.92 Å². The van der Waals surface area contributed by atoms with E-state index >= 15 is 0 Å². The quantitative estimate of drug-likeness (QED) is 0.812. The molecule has 0 bridgehead atoms. The third-order valence-corrected chi connectivity index (χ3v) is 2.15. The number of amides is 1. The highest BCUT2D eigenvalue weighted by atomic mass is 19.1. The van der Waals surface area contributed by atoms with Crippen LogP contribution in [0.3, 0.4) is 0 Å². The third kappa shape index (κ3) is 3.00. The van der Waals surface area contributed by atoms with Gasteiger partial charge in [0.1, 0.15) is 11.6 Å². The number of carbonyl (C=O) groups excluding carboxylic acids is 1. The molecule has 0 radical (unpaired) electrons. The summed E-state index contributed by atoms with van der Waals surface area (Å²) < 4.78 is 13.3. The van der Waals surface area contributed by atoms with Crippen molar-refractivity contribution < 1.29 is 9.18 Å². The van der Waals surface area contributed by atoms with Gasteiger partial charge >= 0.3 is 0 Å². The van der Waals surface area contributed by atoms with Gasteiger partial charge in [-0.15, -0.1) is 5.10 Å². The fourth-order valence-electron chi connectivity index (χ4n) is 1.33. The zero-order chi connectivity index (χ0) is 13.0. The Morgan fingerprint density at radius 1 is 1.44 bits per heavy atom. The lowest BCUT2D eigenvalue weighted by Crippen LogP contribution is -2.09. The van der Waals surface area contributed by atoms with Crippen LogP contribution >= 0.6 is 0 Å². The molecule has 1 aromatic heterocycles. The van der Waals surface area contributed by atoms with E-state index in [0.717, 1.165) is 0 Å². The van der Waals surface area contributed by atoms with Crippen LogP contribution in [0.4, 0.5) is 10.3 Å². The molecule has 0 saturated heterocycles. The van der Waals surface area contributed by atoms with Crippen molar-refractivity contribution in [3.8, 4) is 0 Å². The van der Waals surface area contributed by atoms with Gasteiger partial charge in [-0.2, -0.15) is 4.98 Å². The minimum atomic E-state index is -0.419. The van der Waals surface area contributed by atoms with Gasteiger partial charge in [0.25, 0.3) is 5.91 Å². The summed E-state index contributed by atoms with van der Waals surface area (Å²) in [5.41, 5.74) is 0.346. The van der Waals surface area contributed by atoms with E-state index in [-0.39, 0.29) is 11.8 Å². The number of rotatable bonds is 3. The molecule has 0 fully saturated rings. The number of hydrogen-bond donors (Lipinski definition) is 2. The summed E-state index contributed by atoms with van der Waals surface area (Å²) in [5, 5.41) is 8.80. The Morgan fingerprint density at radius 2 is 2.22 bits per heavy atom. The summed E-state index contributed by atoms with van der Waals surface area (Å²) in [5.74, 6) is -0.00777. The third-order valence-electron chi connectivity index (χ3n) is 2.15. The van der Waals surface area contributed by atoms with Crippen LogP contribution in [0.1, 0.15) is 11.4 Å². The number of hydrogen-bond acceptors (Lipinski definition) is 3. The molecular formula is C12H11FN4O. The number of halogens is 1. The standard InChI is InChI=1S/C12H11FN4O/c1-8-14-12(17-16-8)15-11(18)7-6-9-4-2-3-5-10(9)13/h2-7H,1H3,(H2,14,15,16,17,18)/b7-6+. The molecule has 0 unspecified atom stereocenters. The number of H-pyrrole nitrogens is 1. The number of anilines is 1. The van der Waals surface area contributed by atoms with E-state index in [1.165, 1.54) is 18.2 Å². The van der Waals surface area contributed by atoms with Crippen LogP contribution in [0.25, 0.3) is 6.08 Å². The highest BCUT2D eigenvalue weighted by Crippen LogP contribution is 2.08. The summed E-state index contributed by atoms with van der Waals surface area (Å²) in [6.07, 6.45) is 2.62. The molecule has 1 heterocycles. The average Bonchev–Trinajstić information content (AvgIpc) is 2.74. The van der Waals surface area contributed by atoms with Crippen molar-refractivity contribution >= 4 is 17.9 Å². The first-order valence-corrected chi connectivity index (χ1v) is 5.28. The van der Waals surface area contributed by atoms with E-state index in [1.807, 2.05) is 0 Å². The van der Waals surface area contributed by atoms with E-state index in [4.69, 9.17) is 0 Å². The fourth-order valence-corrected chi connectivity index (χ4v) is 1.33. The molecule has 6 heteroatoms. The van der Waals surface area contributed by atoms with Crippen molar-refractivity contribution in [2.75, 3.05) is 5.32 Å². The van der Waals surface area contributed by atoms with E-state index in [0.29, 0.717) is 11.4 Å². The van der Waals surface area contributed by atoms with Crippen molar-refractivity contribution in [3.05, 3.63) is 47.5 Å². The topological polar surface area (TPSA) is 70.7 Å². The van der Waals surface area contributed by atoms with E-state index in [1.54, 1.807) is 25.1 Å². The van der Waals surface area contributed by atoms with Gasteiger partial charge in [0.05, 0.1) is 0 Å². The maximum absolute atomic E-state index is 13.3. The second-order valence-corrected chi connectivity index (χ2v) is 3.59. The first kappa shape index (κ1) is 12.0. The summed E-state index contributed by atoms with van der Waals surface area (Å²) in [7, 11) is 0. The first-order valence-electron chi connectivity index (χ1n) is 5.28. The Labute approximate surface area is 103 Å². The van der Waals surface area contributed by atoms with Crippen molar-refractivity contribution in [2.24, 2.45) is 0 Å². The van der Waals surface area contributed by atoms with E-state index in [9.17, 15) is 9.18 Å². The zero-order valence-corrected chi connectivity index (χ0v) is 9.64. The molecular weight excluding hydrogens is 235 g/mol. The van der Waals surface area contributed by atoms with Crippen molar-refractivity contribution in [3.63, 3.8) is 0 Å². The Morgan fingerprint density at radius 3 is 2.89 bits per heavy atom. The molecule has 0 aliphatic carbocycles. The zero-order valence-electron chi connectivity index (χ0n) is 9.64. The smallest absolute Gasteiger partial charge is 0.250 e. The molecule has 0 aliphatic rings. The van der Waals surface area contributed by atoms with Gasteiger partial charge in [0, 0.05) is 11.6 Å². The maximum atomic E-state index is 13.3. The second kappa shape index (κ2) is 5.22. The molecule has 92 valence electrons.